The number of carbonyl (C=O) groups excluding carboxylic acids is 1. The summed E-state index contributed by atoms with van der Waals surface area (Å²) in [5, 5.41) is -1.25. The highest BCUT2D eigenvalue weighted by atomic mass is 35.5. The van der Waals surface area contributed by atoms with Gasteiger partial charge in [0.15, 0.2) is 0 Å². The van der Waals surface area contributed by atoms with Gasteiger partial charge in [0.1, 0.15) is 5.60 Å². The molecule has 1 fully saturated rings. The van der Waals surface area contributed by atoms with Crippen molar-refractivity contribution in [1.29, 1.82) is 0 Å². The van der Waals surface area contributed by atoms with E-state index in [0.29, 0.717) is 6.42 Å². The number of hydrogen-bond donors (Lipinski definition) is 0. The minimum atomic E-state index is -1.25. The van der Waals surface area contributed by atoms with E-state index in [-0.39, 0.29) is 5.92 Å². The Morgan fingerprint density at radius 3 is 2.38 bits per heavy atom. The molecule has 0 aromatic rings. The lowest BCUT2D eigenvalue weighted by molar-refractivity contribution is -0.143. The topological polar surface area (TPSA) is 38.8 Å². The first-order valence-corrected chi connectivity index (χ1v) is 4.80. The number of rotatable bonds is 3. The smallest absolute Gasteiger partial charge is 0.357 e. The third-order valence-electron chi connectivity index (χ3n) is 2.73. The van der Waals surface area contributed by atoms with Crippen molar-refractivity contribution in [2.45, 2.75) is 37.9 Å². The first-order chi connectivity index (χ1) is 5.94. The predicted molar refractivity (Wildman–Crippen MR) is 49.5 cm³/mol. The summed E-state index contributed by atoms with van der Waals surface area (Å²) in [6, 6.07) is 0. The molecule has 0 bridgehead atoms. The van der Waals surface area contributed by atoms with Crippen molar-refractivity contribution in [2.75, 3.05) is 7.11 Å². The average molecular weight is 207 g/mol. The van der Waals surface area contributed by atoms with Gasteiger partial charge in [0, 0.05) is 0 Å². The third-order valence-corrected chi connectivity index (χ3v) is 3.28. The van der Waals surface area contributed by atoms with Crippen LogP contribution >= 0.6 is 11.6 Å². The molecule has 0 aromatic heterocycles. The highest BCUT2D eigenvalue weighted by molar-refractivity contribution is 6.36. The van der Waals surface area contributed by atoms with Crippen molar-refractivity contribution in [3.63, 3.8) is 0 Å². The SMILES string of the molecule is CCC1(C(C)C)OC1(Cl)C(=O)OC. The van der Waals surface area contributed by atoms with E-state index in [1.165, 1.54) is 7.11 Å². The molecule has 0 aromatic carbocycles. The fourth-order valence-electron chi connectivity index (χ4n) is 1.77. The van der Waals surface area contributed by atoms with Crippen LogP contribution in [0.15, 0.2) is 0 Å². The molecule has 4 heteroatoms. The summed E-state index contributed by atoms with van der Waals surface area (Å²) in [5.41, 5.74) is -0.540. The van der Waals surface area contributed by atoms with E-state index >= 15 is 0 Å². The van der Waals surface area contributed by atoms with Crippen molar-refractivity contribution in [3.8, 4) is 0 Å². The van der Waals surface area contributed by atoms with Crippen molar-refractivity contribution in [3.05, 3.63) is 0 Å². The van der Waals surface area contributed by atoms with Crippen LogP contribution in [0.1, 0.15) is 27.2 Å². The second-order valence-corrected chi connectivity index (χ2v) is 4.12. The molecule has 1 saturated heterocycles. The molecule has 0 aliphatic carbocycles. The van der Waals surface area contributed by atoms with E-state index < -0.39 is 16.6 Å². The number of esters is 1. The average Bonchev–Trinajstić information content (AvgIpc) is 2.73. The van der Waals surface area contributed by atoms with Gasteiger partial charge in [-0.2, -0.15) is 0 Å². The molecule has 0 amide bonds. The Hall–Kier alpha value is -0.280. The lowest BCUT2D eigenvalue weighted by Gasteiger charge is -2.15. The third kappa shape index (κ3) is 1.25. The minimum absolute atomic E-state index is 0.203. The molecule has 1 rings (SSSR count). The van der Waals surface area contributed by atoms with Crippen LogP contribution in [0.5, 0.6) is 0 Å². The number of ether oxygens (including phenoxy) is 2. The second-order valence-electron chi connectivity index (χ2n) is 3.59. The molecule has 0 spiro atoms. The summed E-state index contributed by atoms with van der Waals surface area (Å²) >= 11 is 6.02. The molecule has 1 aliphatic heterocycles. The van der Waals surface area contributed by atoms with Gasteiger partial charge in [-0.15, -0.1) is 0 Å². The van der Waals surface area contributed by atoms with Gasteiger partial charge in [-0.25, -0.2) is 4.79 Å². The fraction of sp³-hybridized carbons (Fsp3) is 0.889. The van der Waals surface area contributed by atoms with Crippen LogP contribution in [-0.4, -0.2) is 23.7 Å². The van der Waals surface area contributed by atoms with Crippen molar-refractivity contribution >= 4 is 17.6 Å². The Kier molecular flexibility index (Phi) is 2.61. The van der Waals surface area contributed by atoms with Gasteiger partial charge in [-0.05, 0) is 12.3 Å². The predicted octanol–water partition coefficient (Wildman–Crippen LogP) is 1.93. The second kappa shape index (κ2) is 3.14. The molecule has 0 N–H and O–H groups in total. The van der Waals surface area contributed by atoms with E-state index in [9.17, 15) is 4.79 Å². The maximum atomic E-state index is 11.3. The first-order valence-electron chi connectivity index (χ1n) is 4.42. The molecule has 1 aliphatic rings. The van der Waals surface area contributed by atoms with E-state index in [0.717, 1.165) is 0 Å². The standard InChI is InChI=1S/C9H15ClO3/c1-5-8(6(2)3)9(10,13-8)7(11)12-4/h6H,5H2,1-4H3. The number of epoxide rings is 1. The van der Waals surface area contributed by atoms with Gasteiger partial charge in [0.05, 0.1) is 7.11 Å². The van der Waals surface area contributed by atoms with Gasteiger partial charge >= 0.3 is 5.97 Å². The molecule has 3 nitrogen and oxygen atoms in total. The minimum Gasteiger partial charge on any atom is -0.466 e. The van der Waals surface area contributed by atoms with Crippen LogP contribution in [0.2, 0.25) is 0 Å². The van der Waals surface area contributed by atoms with Gasteiger partial charge in [0.2, 0.25) is 0 Å². The first kappa shape index (κ1) is 10.8. The molecule has 2 atom stereocenters. The van der Waals surface area contributed by atoms with Gasteiger partial charge in [-0.3, -0.25) is 0 Å². The van der Waals surface area contributed by atoms with Gasteiger partial charge < -0.3 is 9.47 Å². The Morgan fingerprint density at radius 1 is 1.62 bits per heavy atom. The molecule has 2 unspecified atom stereocenters. The molecule has 76 valence electrons. The quantitative estimate of drug-likeness (QED) is 0.402. The van der Waals surface area contributed by atoms with Crippen LogP contribution < -0.4 is 0 Å². The highest BCUT2D eigenvalue weighted by Crippen LogP contribution is 2.58. The number of carbonyl (C=O) groups is 1. The normalized spacial score (nSPS) is 37.7. The summed E-state index contributed by atoms with van der Waals surface area (Å²) in [6.07, 6.45) is 0.712. The van der Waals surface area contributed by atoms with Crippen molar-refractivity contribution < 1.29 is 14.3 Å². The number of hydrogen-bond acceptors (Lipinski definition) is 3. The fourth-order valence-corrected chi connectivity index (χ4v) is 2.33. The largest absolute Gasteiger partial charge is 0.466 e. The Balaban J connectivity index is 2.83. The monoisotopic (exact) mass is 206 g/mol. The van der Waals surface area contributed by atoms with Crippen LogP contribution in [0.25, 0.3) is 0 Å². The maximum absolute atomic E-state index is 11.3. The lowest BCUT2D eigenvalue weighted by Crippen LogP contribution is -2.33. The molecular weight excluding hydrogens is 192 g/mol. The Labute approximate surface area is 83.3 Å². The van der Waals surface area contributed by atoms with Crippen LogP contribution in [0, 0.1) is 5.92 Å². The Morgan fingerprint density at radius 2 is 2.15 bits per heavy atom. The number of alkyl halides is 1. The van der Waals surface area contributed by atoms with E-state index in [1.807, 2.05) is 20.8 Å². The van der Waals surface area contributed by atoms with Gasteiger partial charge in [0.25, 0.3) is 5.06 Å². The van der Waals surface area contributed by atoms with Crippen LogP contribution in [0.3, 0.4) is 0 Å². The number of halogens is 1. The van der Waals surface area contributed by atoms with Crippen LogP contribution in [0.4, 0.5) is 0 Å². The van der Waals surface area contributed by atoms with Crippen molar-refractivity contribution in [2.24, 2.45) is 5.92 Å². The van der Waals surface area contributed by atoms with E-state index in [1.54, 1.807) is 0 Å². The molecule has 13 heavy (non-hydrogen) atoms. The van der Waals surface area contributed by atoms with E-state index in [2.05, 4.69) is 4.74 Å². The summed E-state index contributed by atoms with van der Waals surface area (Å²) in [6.45, 7) is 5.92. The number of methoxy groups -OCH3 is 1. The summed E-state index contributed by atoms with van der Waals surface area (Å²) in [7, 11) is 1.31. The van der Waals surface area contributed by atoms with Gasteiger partial charge in [-0.1, -0.05) is 32.4 Å². The zero-order valence-corrected chi connectivity index (χ0v) is 9.14. The molecule has 1 heterocycles. The van der Waals surface area contributed by atoms with Crippen LogP contribution in [-0.2, 0) is 14.3 Å². The highest BCUT2D eigenvalue weighted by Gasteiger charge is 2.75. The molecular formula is C9H15ClO3. The van der Waals surface area contributed by atoms with Crippen molar-refractivity contribution in [1.82, 2.24) is 0 Å². The summed E-state index contributed by atoms with van der Waals surface area (Å²) in [4.78, 5) is 11.3. The zero-order chi connectivity index (χ0) is 10.3. The van der Waals surface area contributed by atoms with E-state index in [4.69, 9.17) is 16.3 Å². The Bertz CT molecular complexity index is 229. The summed E-state index contributed by atoms with van der Waals surface area (Å²) < 4.78 is 9.93. The maximum Gasteiger partial charge on any atom is 0.357 e. The summed E-state index contributed by atoms with van der Waals surface area (Å²) in [5.74, 6) is -0.293. The zero-order valence-electron chi connectivity index (χ0n) is 8.39. The molecule has 0 radical (unpaired) electrons. The molecule has 0 saturated carbocycles. The lowest BCUT2D eigenvalue weighted by atomic mass is 9.89.